The van der Waals surface area contributed by atoms with Gasteiger partial charge in [-0.15, -0.1) is 0 Å². The fraction of sp³-hybridized carbons (Fsp3) is 0.571. The molecule has 19 heavy (non-hydrogen) atoms. The highest BCUT2D eigenvalue weighted by atomic mass is 79.9. The molecule has 2 rings (SSSR count). The van der Waals surface area contributed by atoms with Crippen LogP contribution in [0.4, 0.5) is 11.4 Å². The molecule has 0 amide bonds. The number of anilines is 1. The van der Waals surface area contributed by atoms with E-state index in [9.17, 15) is 10.1 Å². The van der Waals surface area contributed by atoms with Crippen molar-refractivity contribution in [3.63, 3.8) is 0 Å². The van der Waals surface area contributed by atoms with Crippen molar-refractivity contribution in [1.82, 2.24) is 0 Å². The van der Waals surface area contributed by atoms with Gasteiger partial charge < -0.3 is 5.73 Å². The highest BCUT2D eigenvalue weighted by Gasteiger charge is 2.25. The van der Waals surface area contributed by atoms with Crippen LogP contribution in [0.15, 0.2) is 16.6 Å². The Hall–Kier alpha value is -1.10. The molecule has 1 aliphatic rings. The monoisotopic (exact) mass is 326 g/mol. The molecule has 5 heteroatoms. The summed E-state index contributed by atoms with van der Waals surface area (Å²) < 4.78 is 0.827. The predicted molar refractivity (Wildman–Crippen MR) is 80.3 cm³/mol. The Morgan fingerprint density at radius 3 is 2.32 bits per heavy atom. The van der Waals surface area contributed by atoms with Crippen LogP contribution in [0.25, 0.3) is 0 Å². The molecule has 4 nitrogen and oxygen atoms in total. The lowest BCUT2D eigenvalue weighted by atomic mass is 9.85. The molecule has 0 atom stereocenters. The van der Waals surface area contributed by atoms with E-state index in [0.29, 0.717) is 0 Å². The second-order valence-electron chi connectivity index (χ2n) is 5.23. The van der Waals surface area contributed by atoms with Crippen molar-refractivity contribution in [1.29, 1.82) is 0 Å². The lowest BCUT2D eigenvalue weighted by Gasteiger charge is -2.20. The topological polar surface area (TPSA) is 69.2 Å². The maximum Gasteiger partial charge on any atom is 0.295 e. The van der Waals surface area contributed by atoms with Crippen LogP contribution in [0.5, 0.6) is 0 Å². The lowest BCUT2D eigenvalue weighted by Crippen LogP contribution is -2.08. The minimum atomic E-state index is -0.337. The standard InChI is InChI=1S/C14H19BrN2O2/c15-11-8-12(14(17(18)19)13(16)9-11)10-6-4-2-1-3-5-7-10/h8-10H,1-7,16H2. The van der Waals surface area contributed by atoms with Gasteiger partial charge in [-0.3, -0.25) is 10.1 Å². The summed E-state index contributed by atoms with van der Waals surface area (Å²) in [5.41, 5.74) is 7.00. The molecule has 1 aromatic carbocycles. The van der Waals surface area contributed by atoms with Crippen molar-refractivity contribution < 1.29 is 4.92 Å². The first kappa shape index (κ1) is 14.3. The van der Waals surface area contributed by atoms with Crippen LogP contribution in [0.1, 0.15) is 56.4 Å². The minimum Gasteiger partial charge on any atom is -0.393 e. The third kappa shape index (κ3) is 3.47. The Labute approximate surface area is 121 Å². The van der Waals surface area contributed by atoms with E-state index in [0.717, 1.165) is 35.7 Å². The Kier molecular flexibility index (Phi) is 4.80. The van der Waals surface area contributed by atoms with Gasteiger partial charge >= 0.3 is 0 Å². The predicted octanol–water partition coefficient (Wildman–Crippen LogP) is 4.77. The smallest absolute Gasteiger partial charge is 0.295 e. The summed E-state index contributed by atoms with van der Waals surface area (Å²) in [6, 6.07) is 3.49. The van der Waals surface area contributed by atoms with E-state index in [1.807, 2.05) is 6.07 Å². The number of nitrogens with zero attached hydrogens (tertiary/aromatic N) is 1. The molecule has 0 aromatic heterocycles. The van der Waals surface area contributed by atoms with Crippen molar-refractivity contribution in [2.75, 3.05) is 5.73 Å². The number of benzene rings is 1. The SMILES string of the molecule is Nc1cc(Br)cc(C2CCCCCCC2)c1[N+](=O)[O-]. The maximum absolute atomic E-state index is 11.3. The van der Waals surface area contributed by atoms with Crippen molar-refractivity contribution in [2.45, 2.75) is 50.9 Å². The van der Waals surface area contributed by atoms with Gasteiger partial charge in [0, 0.05) is 10.0 Å². The summed E-state index contributed by atoms with van der Waals surface area (Å²) in [6.45, 7) is 0. The minimum absolute atomic E-state index is 0.105. The molecule has 0 radical (unpaired) electrons. The molecule has 0 aliphatic heterocycles. The molecule has 0 spiro atoms. The normalized spacial score (nSPS) is 17.7. The first-order valence-electron chi connectivity index (χ1n) is 6.83. The quantitative estimate of drug-likeness (QED) is 0.483. The largest absolute Gasteiger partial charge is 0.393 e. The van der Waals surface area contributed by atoms with Gasteiger partial charge in [0.2, 0.25) is 0 Å². The van der Waals surface area contributed by atoms with E-state index in [4.69, 9.17) is 5.73 Å². The van der Waals surface area contributed by atoms with E-state index in [1.165, 1.54) is 19.3 Å². The van der Waals surface area contributed by atoms with E-state index in [2.05, 4.69) is 15.9 Å². The summed E-state index contributed by atoms with van der Waals surface area (Å²) >= 11 is 3.40. The lowest BCUT2D eigenvalue weighted by molar-refractivity contribution is -0.384. The number of nitro benzene ring substituents is 1. The molecular weight excluding hydrogens is 308 g/mol. The molecule has 1 aromatic rings. The highest BCUT2D eigenvalue weighted by Crippen LogP contribution is 2.40. The number of nitro groups is 1. The van der Waals surface area contributed by atoms with Crippen LogP contribution >= 0.6 is 15.9 Å². The van der Waals surface area contributed by atoms with Crippen molar-refractivity contribution in [3.05, 3.63) is 32.3 Å². The molecule has 1 saturated carbocycles. The van der Waals surface area contributed by atoms with Crippen molar-refractivity contribution in [2.24, 2.45) is 0 Å². The maximum atomic E-state index is 11.3. The summed E-state index contributed by atoms with van der Waals surface area (Å²) in [7, 11) is 0. The fourth-order valence-corrected chi connectivity index (χ4v) is 3.42. The molecule has 0 heterocycles. The van der Waals surface area contributed by atoms with Gasteiger partial charge in [-0.25, -0.2) is 0 Å². The van der Waals surface area contributed by atoms with Gasteiger partial charge in [0.1, 0.15) is 5.69 Å². The van der Waals surface area contributed by atoms with Gasteiger partial charge in [0.15, 0.2) is 0 Å². The van der Waals surface area contributed by atoms with Crippen LogP contribution in [0.2, 0.25) is 0 Å². The number of rotatable bonds is 2. The van der Waals surface area contributed by atoms with Gasteiger partial charge in [-0.1, -0.05) is 48.0 Å². The van der Waals surface area contributed by atoms with Crippen LogP contribution in [-0.4, -0.2) is 4.92 Å². The first-order valence-corrected chi connectivity index (χ1v) is 7.62. The van der Waals surface area contributed by atoms with E-state index in [-0.39, 0.29) is 22.2 Å². The Bertz CT molecular complexity index is 469. The van der Waals surface area contributed by atoms with Gasteiger partial charge in [0.25, 0.3) is 5.69 Å². The molecule has 0 saturated heterocycles. The second kappa shape index (κ2) is 6.37. The Morgan fingerprint density at radius 1 is 1.16 bits per heavy atom. The van der Waals surface area contributed by atoms with Crippen LogP contribution in [0, 0.1) is 10.1 Å². The molecular formula is C14H19BrN2O2. The third-order valence-electron chi connectivity index (χ3n) is 3.86. The average molecular weight is 327 g/mol. The number of halogens is 1. The van der Waals surface area contributed by atoms with Gasteiger partial charge in [-0.05, 0) is 30.9 Å². The Morgan fingerprint density at radius 2 is 1.74 bits per heavy atom. The van der Waals surface area contributed by atoms with Gasteiger partial charge in [0.05, 0.1) is 4.92 Å². The van der Waals surface area contributed by atoms with Crippen LogP contribution < -0.4 is 5.73 Å². The summed E-state index contributed by atoms with van der Waals surface area (Å²) in [5, 5.41) is 11.3. The molecule has 1 fully saturated rings. The average Bonchev–Trinajstić information content (AvgIpc) is 2.26. The van der Waals surface area contributed by atoms with E-state index in [1.54, 1.807) is 6.07 Å². The zero-order valence-corrected chi connectivity index (χ0v) is 12.5. The second-order valence-corrected chi connectivity index (χ2v) is 6.15. The zero-order chi connectivity index (χ0) is 13.8. The Balaban J connectivity index is 2.38. The molecule has 0 unspecified atom stereocenters. The van der Waals surface area contributed by atoms with Gasteiger partial charge in [-0.2, -0.15) is 0 Å². The number of nitrogen functional groups attached to an aromatic ring is 1. The van der Waals surface area contributed by atoms with E-state index >= 15 is 0 Å². The van der Waals surface area contributed by atoms with Crippen LogP contribution in [-0.2, 0) is 0 Å². The summed E-state index contributed by atoms with van der Waals surface area (Å²) in [5.74, 6) is 0.264. The number of nitrogens with two attached hydrogens (primary N) is 1. The number of hydrogen-bond donors (Lipinski definition) is 1. The molecule has 2 N–H and O–H groups in total. The fourth-order valence-electron chi connectivity index (χ4n) is 2.93. The summed E-state index contributed by atoms with van der Waals surface area (Å²) in [4.78, 5) is 10.9. The number of hydrogen-bond acceptors (Lipinski definition) is 3. The molecule has 1 aliphatic carbocycles. The highest BCUT2D eigenvalue weighted by molar-refractivity contribution is 9.10. The third-order valence-corrected chi connectivity index (χ3v) is 4.32. The van der Waals surface area contributed by atoms with E-state index < -0.39 is 0 Å². The first-order chi connectivity index (χ1) is 9.09. The molecule has 0 bridgehead atoms. The van der Waals surface area contributed by atoms with Crippen LogP contribution in [0.3, 0.4) is 0 Å². The van der Waals surface area contributed by atoms with Crippen molar-refractivity contribution in [3.8, 4) is 0 Å². The zero-order valence-electron chi connectivity index (χ0n) is 10.9. The van der Waals surface area contributed by atoms with Crippen molar-refractivity contribution >= 4 is 27.3 Å². The summed E-state index contributed by atoms with van der Waals surface area (Å²) in [6.07, 6.45) is 8.09. The molecule has 104 valence electrons.